The lowest BCUT2D eigenvalue weighted by Gasteiger charge is -2.26. The second-order valence-corrected chi connectivity index (χ2v) is 5.00. The summed E-state index contributed by atoms with van der Waals surface area (Å²) in [6, 6.07) is 5.31. The lowest BCUT2D eigenvalue weighted by atomic mass is 10.00. The lowest BCUT2D eigenvalue weighted by Crippen LogP contribution is -2.45. The van der Waals surface area contributed by atoms with Crippen LogP contribution in [0.25, 0.3) is 0 Å². The lowest BCUT2D eigenvalue weighted by molar-refractivity contribution is 0.0811. The van der Waals surface area contributed by atoms with Crippen molar-refractivity contribution in [2.45, 2.75) is 32.9 Å². The van der Waals surface area contributed by atoms with Gasteiger partial charge in [-0.05, 0) is 30.5 Å². The second kappa shape index (κ2) is 6.24. The van der Waals surface area contributed by atoms with Crippen molar-refractivity contribution in [3.8, 4) is 5.75 Å². The zero-order valence-corrected chi connectivity index (χ0v) is 11.2. The van der Waals surface area contributed by atoms with Gasteiger partial charge in [-0.1, -0.05) is 31.5 Å². The summed E-state index contributed by atoms with van der Waals surface area (Å²) in [6.07, 6.45) is -0.435. The number of rotatable bonds is 5. The van der Waals surface area contributed by atoms with Crippen LogP contribution in [-0.4, -0.2) is 23.9 Å². The molecular formula is C13H20ClNO2. The Bertz CT molecular complexity index is 368. The largest absolute Gasteiger partial charge is 0.485 e. The van der Waals surface area contributed by atoms with E-state index >= 15 is 0 Å². The predicted molar refractivity (Wildman–Crippen MR) is 70.5 cm³/mol. The third-order valence-corrected chi connectivity index (χ3v) is 3.04. The Hall–Kier alpha value is -0.770. The average Bonchev–Trinajstić information content (AvgIpc) is 2.27. The molecule has 0 spiro atoms. The molecule has 0 heterocycles. The molecule has 1 aromatic rings. The minimum atomic E-state index is -0.435. The molecule has 0 amide bonds. The second-order valence-electron chi connectivity index (χ2n) is 4.59. The molecule has 3 N–H and O–H groups in total. The molecule has 0 fully saturated rings. The molecule has 2 unspecified atom stereocenters. The van der Waals surface area contributed by atoms with Crippen LogP contribution in [0.4, 0.5) is 0 Å². The van der Waals surface area contributed by atoms with E-state index in [1.807, 2.05) is 32.9 Å². The fourth-order valence-electron chi connectivity index (χ4n) is 1.53. The van der Waals surface area contributed by atoms with E-state index in [0.29, 0.717) is 10.8 Å². The van der Waals surface area contributed by atoms with Crippen molar-refractivity contribution in [1.29, 1.82) is 0 Å². The first kappa shape index (κ1) is 14.3. The molecule has 0 bridgehead atoms. The van der Waals surface area contributed by atoms with Crippen LogP contribution in [0.5, 0.6) is 5.75 Å². The number of hydrogen-bond donors (Lipinski definition) is 2. The van der Waals surface area contributed by atoms with Gasteiger partial charge in [-0.25, -0.2) is 0 Å². The molecule has 0 saturated heterocycles. The summed E-state index contributed by atoms with van der Waals surface area (Å²) >= 11 is 6.07. The highest BCUT2D eigenvalue weighted by molar-refractivity contribution is 6.32. The first-order valence-electron chi connectivity index (χ1n) is 5.75. The van der Waals surface area contributed by atoms with E-state index in [4.69, 9.17) is 22.1 Å². The fraction of sp³-hybridized carbons (Fsp3) is 0.538. The molecule has 96 valence electrons. The van der Waals surface area contributed by atoms with E-state index in [0.717, 1.165) is 5.56 Å². The smallest absolute Gasteiger partial charge is 0.138 e. The van der Waals surface area contributed by atoms with Crippen LogP contribution in [0.2, 0.25) is 5.02 Å². The van der Waals surface area contributed by atoms with Crippen LogP contribution >= 0.6 is 11.6 Å². The fourth-order valence-corrected chi connectivity index (χ4v) is 1.81. The summed E-state index contributed by atoms with van der Waals surface area (Å²) in [5.74, 6) is 0.795. The molecule has 4 heteroatoms. The Morgan fingerprint density at radius 3 is 2.53 bits per heavy atom. The van der Waals surface area contributed by atoms with E-state index in [2.05, 4.69) is 0 Å². The van der Waals surface area contributed by atoms with E-state index in [1.165, 1.54) is 0 Å². The van der Waals surface area contributed by atoms with Gasteiger partial charge in [-0.3, -0.25) is 0 Å². The monoisotopic (exact) mass is 257 g/mol. The molecular weight excluding hydrogens is 238 g/mol. The summed E-state index contributed by atoms with van der Waals surface area (Å²) in [5, 5.41) is 9.85. The van der Waals surface area contributed by atoms with Gasteiger partial charge in [0.15, 0.2) is 0 Å². The van der Waals surface area contributed by atoms with Crippen molar-refractivity contribution in [1.82, 2.24) is 0 Å². The standard InChI is InChI=1S/C13H20ClNO2/c1-8(2)13(15)12(7-16)17-11-5-4-9(3)6-10(11)14/h4-6,8,12-13,16H,7,15H2,1-3H3. The maximum absolute atomic E-state index is 9.30. The third-order valence-electron chi connectivity index (χ3n) is 2.74. The number of halogens is 1. The van der Waals surface area contributed by atoms with Gasteiger partial charge >= 0.3 is 0 Å². The molecule has 1 aromatic carbocycles. The van der Waals surface area contributed by atoms with Gasteiger partial charge in [-0.15, -0.1) is 0 Å². The van der Waals surface area contributed by atoms with Crippen LogP contribution in [0.15, 0.2) is 18.2 Å². The average molecular weight is 258 g/mol. The Kier molecular flexibility index (Phi) is 5.25. The van der Waals surface area contributed by atoms with E-state index in [1.54, 1.807) is 6.07 Å². The Morgan fingerprint density at radius 2 is 2.06 bits per heavy atom. The first-order valence-corrected chi connectivity index (χ1v) is 6.12. The summed E-state index contributed by atoms with van der Waals surface area (Å²) in [5.41, 5.74) is 7.04. The quantitative estimate of drug-likeness (QED) is 0.852. The molecule has 0 aliphatic rings. The normalized spacial score (nSPS) is 14.8. The van der Waals surface area contributed by atoms with Crippen LogP contribution in [-0.2, 0) is 0 Å². The van der Waals surface area contributed by atoms with Crippen molar-refractivity contribution in [2.75, 3.05) is 6.61 Å². The van der Waals surface area contributed by atoms with E-state index in [-0.39, 0.29) is 18.6 Å². The third kappa shape index (κ3) is 3.87. The minimum absolute atomic E-state index is 0.121. The maximum atomic E-state index is 9.30. The molecule has 0 saturated carbocycles. The van der Waals surface area contributed by atoms with Gasteiger partial charge in [0.25, 0.3) is 0 Å². The Labute approximate surface area is 108 Å². The van der Waals surface area contributed by atoms with Crippen molar-refractivity contribution in [3.05, 3.63) is 28.8 Å². The van der Waals surface area contributed by atoms with Gasteiger partial charge < -0.3 is 15.6 Å². The molecule has 0 aliphatic carbocycles. The molecule has 0 aliphatic heterocycles. The minimum Gasteiger partial charge on any atom is -0.485 e. The maximum Gasteiger partial charge on any atom is 0.138 e. The van der Waals surface area contributed by atoms with Gasteiger partial charge in [0.05, 0.1) is 11.6 Å². The molecule has 0 radical (unpaired) electrons. The molecule has 2 atom stereocenters. The van der Waals surface area contributed by atoms with Crippen LogP contribution in [0, 0.1) is 12.8 Å². The summed E-state index contributed by atoms with van der Waals surface area (Å²) in [6.45, 7) is 5.82. The van der Waals surface area contributed by atoms with Crippen molar-refractivity contribution in [3.63, 3.8) is 0 Å². The highest BCUT2D eigenvalue weighted by atomic mass is 35.5. The molecule has 0 aromatic heterocycles. The van der Waals surface area contributed by atoms with Crippen molar-refractivity contribution in [2.24, 2.45) is 11.7 Å². The number of hydrogen-bond acceptors (Lipinski definition) is 3. The summed E-state index contributed by atoms with van der Waals surface area (Å²) in [7, 11) is 0. The molecule has 3 nitrogen and oxygen atoms in total. The van der Waals surface area contributed by atoms with Gasteiger partial charge in [-0.2, -0.15) is 0 Å². The first-order chi connectivity index (χ1) is 7.95. The number of ether oxygens (including phenoxy) is 1. The SMILES string of the molecule is Cc1ccc(OC(CO)C(N)C(C)C)c(Cl)c1. The number of aliphatic hydroxyl groups is 1. The number of aryl methyl sites for hydroxylation is 1. The van der Waals surface area contributed by atoms with Crippen LogP contribution in [0.3, 0.4) is 0 Å². The van der Waals surface area contributed by atoms with Gasteiger partial charge in [0, 0.05) is 6.04 Å². The van der Waals surface area contributed by atoms with Gasteiger partial charge in [0.2, 0.25) is 0 Å². The molecule has 1 rings (SSSR count). The predicted octanol–water partition coefficient (Wildman–Crippen LogP) is 2.37. The highest BCUT2D eigenvalue weighted by Crippen LogP contribution is 2.27. The van der Waals surface area contributed by atoms with Crippen LogP contribution in [0.1, 0.15) is 19.4 Å². The number of nitrogens with two attached hydrogens (primary N) is 1. The van der Waals surface area contributed by atoms with Crippen LogP contribution < -0.4 is 10.5 Å². The zero-order valence-electron chi connectivity index (χ0n) is 10.5. The van der Waals surface area contributed by atoms with E-state index in [9.17, 15) is 5.11 Å². The number of aliphatic hydroxyl groups excluding tert-OH is 1. The van der Waals surface area contributed by atoms with E-state index < -0.39 is 6.10 Å². The zero-order chi connectivity index (χ0) is 13.0. The summed E-state index contributed by atoms with van der Waals surface area (Å²) in [4.78, 5) is 0. The Morgan fingerprint density at radius 1 is 1.41 bits per heavy atom. The highest BCUT2D eigenvalue weighted by Gasteiger charge is 2.22. The van der Waals surface area contributed by atoms with Crippen molar-refractivity contribution >= 4 is 11.6 Å². The Balaban J connectivity index is 2.80. The van der Waals surface area contributed by atoms with Gasteiger partial charge in [0.1, 0.15) is 11.9 Å². The number of benzene rings is 1. The summed E-state index contributed by atoms with van der Waals surface area (Å²) < 4.78 is 5.67. The molecule has 17 heavy (non-hydrogen) atoms. The van der Waals surface area contributed by atoms with Crippen molar-refractivity contribution < 1.29 is 9.84 Å². The topological polar surface area (TPSA) is 55.5 Å².